The van der Waals surface area contributed by atoms with E-state index in [1.807, 2.05) is 12.1 Å². The van der Waals surface area contributed by atoms with Crippen LogP contribution in [0.2, 0.25) is 0 Å². The Hall–Kier alpha value is -2.29. The van der Waals surface area contributed by atoms with E-state index in [2.05, 4.69) is 21.4 Å². The van der Waals surface area contributed by atoms with Crippen molar-refractivity contribution in [1.82, 2.24) is 9.88 Å². The fraction of sp³-hybridized carbons (Fsp3) is 0.533. The molecule has 0 unspecified atom stereocenters. The van der Waals surface area contributed by atoms with Crippen molar-refractivity contribution in [2.24, 2.45) is 5.92 Å². The second-order valence-corrected chi connectivity index (χ2v) is 5.61. The lowest BCUT2D eigenvalue weighted by Gasteiger charge is -2.18. The Labute approximate surface area is 124 Å². The topological polar surface area (TPSA) is 72.3 Å². The van der Waals surface area contributed by atoms with Gasteiger partial charge in [0.2, 0.25) is 5.91 Å². The van der Waals surface area contributed by atoms with Gasteiger partial charge in [-0.05, 0) is 25.3 Å². The van der Waals surface area contributed by atoms with Crippen LogP contribution in [0.4, 0.5) is 11.5 Å². The van der Waals surface area contributed by atoms with Gasteiger partial charge in [-0.25, -0.2) is 4.98 Å². The fourth-order valence-electron chi connectivity index (χ4n) is 2.95. The van der Waals surface area contributed by atoms with Crippen molar-refractivity contribution in [3.8, 4) is 6.19 Å². The van der Waals surface area contributed by atoms with Crippen molar-refractivity contribution < 1.29 is 4.79 Å². The molecule has 0 aliphatic carbocycles. The van der Waals surface area contributed by atoms with E-state index >= 15 is 0 Å². The predicted octanol–water partition coefficient (Wildman–Crippen LogP) is 1.42. The molecule has 0 saturated carbocycles. The van der Waals surface area contributed by atoms with Crippen molar-refractivity contribution in [3.05, 3.63) is 18.3 Å². The number of carbonyl (C=O) groups is 1. The van der Waals surface area contributed by atoms with E-state index in [4.69, 9.17) is 5.26 Å². The van der Waals surface area contributed by atoms with Crippen LogP contribution in [0.5, 0.6) is 0 Å². The van der Waals surface area contributed by atoms with E-state index in [1.54, 1.807) is 11.1 Å². The maximum Gasteiger partial charge on any atom is 0.230 e. The van der Waals surface area contributed by atoms with Gasteiger partial charge in [0.15, 0.2) is 6.19 Å². The highest BCUT2D eigenvalue weighted by Gasteiger charge is 2.28. The SMILES string of the molecule is N#CN1CC[C@H](C(=O)Nc2cc(N3CCCC3)ccn2)C1. The van der Waals surface area contributed by atoms with Gasteiger partial charge in [-0.2, -0.15) is 5.26 Å². The first-order chi connectivity index (χ1) is 10.3. The highest BCUT2D eigenvalue weighted by molar-refractivity contribution is 5.92. The van der Waals surface area contributed by atoms with E-state index in [-0.39, 0.29) is 11.8 Å². The molecule has 6 nitrogen and oxygen atoms in total. The van der Waals surface area contributed by atoms with Gasteiger partial charge in [-0.1, -0.05) is 0 Å². The molecule has 2 fully saturated rings. The minimum absolute atomic E-state index is 0.0428. The van der Waals surface area contributed by atoms with E-state index in [1.165, 1.54) is 12.8 Å². The Morgan fingerprint density at radius 1 is 1.38 bits per heavy atom. The van der Waals surface area contributed by atoms with Gasteiger partial charge in [0.1, 0.15) is 5.82 Å². The molecule has 0 aromatic carbocycles. The molecular weight excluding hydrogens is 266 g/mol. The number of nitrogens with zero attached hydrogens (tertiary/aromatic N) is 4. The van der Waals surface area contributed by atoms with Crippen LogP contribution < -0.4 is 10.2 Å². The Bertz CT molecular complexity index is 561. The Morgan fingerprint density at radius 3 is 2.90 bits per heavy atom. The number of hydrogen-bond donors (Lipinski definition) is 1. The molecular formula is C15H19N5O. The van der Waals surface area contributed by atoms with Crippen LogP contribution in [0.15, 0.2) is 18.3 Å². The lowest BCUT2D eigenvalue weighted by Crippen LogP contribution is -2.26. The molecule has 6 heteroatoms. The van der Waals surface area contributed by atoms with Crippen molar-refractivity contribution in [3.63, 3.8) is 0 Å². The first-order valence-electron chi connectivity index (χ1n) is 7.43. The van der Waals surface area contributed by atoms with Crippen LogP contribution in [-0.4, -0.2) is 42.0 Å². The highest BCUT2D eigenvalue weighted by atomic mass is 16.2. The van der Waals surface area contributed by atoms with E-state index in [9.17, 15) is 4.79 Å². The number of aromatic nitrogens is 1. The monoisotopic (exact) mass is 285 g/mol. The number of anilines is 2. The molecule has 1 aromatic heterocycles. The van der Waals surface area contributed by atoms with Crippen molar-refractivity contribution in [2.45, 2.75) is 19.3 Å². The summed E-state index contributed by atoms with van der Waals surface area (Å²) in [6.45, 7) is 3.30. The second kappa shape index (κ2) is 6.00. The van der Waals surface area contributed by atoms with Crippen molar-refractivity contribution >= 4 is 17.4 Å². The standard InChI is InChI=1S/C15H19N5O/c16-11-19-8-4-12(10-19)15(21)18-14-9-13(3-5-17-14)20-6-1-2-7-20/h3,5,9,12H,1-2,4,6-8,10H2,(H,17,18,21)/t12-/m0/s1. The molecule has 3 rings (SSSR count). The molecule has 21 heavy (non-hydrogen) atoms. The molecule has 3 heterocycles. The van der Waals surface area contributed by atoms with Crippen molar-refractivity contribution in [1.29, 1.82) is 5.26 Å². The number of rotatable bonds is 3. The number of hydrogen-bond acceptors (Lipinski definition) is 5. The molecule has 0 radical (unpaired) electrons. The Kier molecular flexibility index (Phi) is 3.91. The molecule has 2 saturated heterocycles. The normalized spacial score (nSPS) is 21.4. The summed E-state index contributed by atoms with van der Waals surface area (Å²) in [6.07, 6.45) is 6.99. The van der Waals surface area contributed by atoms with Crippen LogP contribution in [0.3, 0.4) is 0 Å². The van der Waals surface area contributed by atoms with E-state index in [0.29, 0.717) is 18.9 Å². The molecule has 0 spiro atoms. The highest BCUT2D eigenvalue weighted by Crippen LogP contribution is 2.23. The number of likely N-dealkylation sites (tertiary alicyclic amines) is 1. The number of nitrogens with one attached hydrogen (secondary N) is 1. The molecule has 2 aliphatic rings. The van der Waals surface area contributed by atoms with Gasteiger partial charge >= 0.3 is 0 Å². The zero-order valence-corrected chi connectivity index (χ0v) is 12.0. The molecule has 1 N–H and O–H groups in total. The minimum atomic E-state index is -0.123. The van der Waals surface area contributed by atoms with Crippen LogP contribution in [0.25, 0.3) is 0 Å². The first-order valence-corrected chi connectivity index (χ1v) is 7.43. The summed E-state index contributed by atoms with van der Waals surface area (Å²) in [7, 11) is 0. The van der Waals surface area contributed by atoms with Crippen LogP contribution >= 0.6 is 0 Å². The van der Waals surface area contributed by atoms with Crippen LogP contribution in [0, 0.1) is 17.4 Å². The zero-order chi connectivity index (χ0) is 14.7. The summed E-state index contributed by atoms with van der Waals surface area (Å²) >= 11 is 0. The maximum atomic E-state index is 12.2. The average molecular weight is 285 g/mol. The van der Waals surface area contributed by atoms with E-state index < -0.39 is 0 Å². The summed E-state index contributed by atoms with van der Waals surface area (Å²) in [5, 5.41) is 11.7. The average Bonchev–Trinajstić information content (AvgIpc) is 3.19. The largest absolute Gasteiger partial charge is 0.371 e. The smallest absolute Gasteiger partial charge is 0.230 e. The number of nitriles is 1. The maximum absolute atomic E-state index is 12.2. The van der Waals surface area contributed by atoms with Gasteiger partial charge in [-0.15, -0.1) is 0 Å². The zero-order valence-electron chi connectivity index (χ0n) is 12.0. The lowest BCUT2D eigenvalue weighted by molar-refractivity contribution is -0.119. The number of carbonyl (C=O) groups excluding carboxylic acids is 1. The van der Waals surface area contributed by atoms with Crippen molar-refractivity contribution in [2.75, 3.05) is 36.4 Å². The Balaban J connectivity index is 1.63. The minimum Gasteiger partial charge on any atom is -0.371 e. The van der Waals surface area contributed by atoms with Crippen LogP contribution in [-0.2, 0) is 4.79 Å². The fourth-order valence-corrected chi connectivity index (χ4v) is 2.95. The third kappa shape index (κ3) is 3.07. The summed E-state index contributed by atoms with van der Waals surface area (Å²) in [5.74, 6) is 0.431. The van der Waals surface area contributed by atoms with Gasteiger partial charge in [0.05, 0.1) is 5.92 Å². The summed E-state index contributed by atoms with van der Waals surface area (Å²) in [4.78, 5) is 20.4. The predicted molar refractivity (Wildman–Crippen MR) is 79.6 cm³/mol. The van der Waals surface area contributed by atoms with Gasteiger partial charge in [0.25, 0.3) is 0 Å². The summed E-state index contributed by atoms with van der Waals surface area (Å²) < 4.78 is 0. The van der Waals surface area contributed by atoms with Gasteiger partial charge in [-0.3, -0.25) is 4.79 Å². The van der Waals surface area contributed by atoms with Gasteiger partial charge < -0.3 is 15.1 Å². The third-order valence-electron chi connectivity index (χ3n) is 4.17. The molecule has 1 atom stereocenters. The first kappa shape index (κ1) is 13.7. The molecule has 1 amide bonds. The molecule has 110 valence electrons. The summed E-state index contributed by atoms with van der Waals surface area (Å²) in [6, 6.07) is 3.91. The molecule has 2 aliphatic heterocycles. The second-order valence-electron chi connectivity index (χ2n) is 5.61. The van der Waals surface area contributed by atoms with Crippen LogP contribution in [0.1, 0.15) is 19.3 Å². The molecule has 1 aromatic rings. The number of pyridine rings is 1. The summed E-state index contributed by atoms with van der Waals surface area (Å²) in [5.41, 5.74) is 1.11. The van der Waals surface area contributed by atoms with E-state index in [0.717, 1.165) is 25.2 Å². The quantitative estimate of drug-likeness (QED) is 0.850. The number of amides is 1. The Morgan fingerprint density at radius 2 is 2.19 bits per heavy atom. The lowest BCUT2D eigenvalue weighted by atomic mass is 10.1. The van der Waals surface area contributed by atoms with Gasteiger partial charge in [0, 0.05) is 44.1 Å². The molecule has 0 bridgehead atoms. The third-order valence-corrected chi connectivity index (χ3v) is 4.17.